The molecule has 0 atom stereocenters. The van der Waals surface area contributed by atoms with Crippen LogP contribution in [0, 0.1) is 6.92 Å². The van der Waals surface area contributed by atoms with Crippen LogP contribution in [0.5, 0.6) is 11.5 Å². The van der Waals surface area contributed by atoms with Crippen LogP contribution in [0.15, 0.2) is 76.7 Å². The van der Waals surface area contributed by atoms with Crippen molar-refractivity contribution in [2.75, 3.05) is 17.5 Å². The summed E-state index contributed by atoms with van der Waals surface area (Å²) in [6, 6.07) is 17.3. The molecular weight excluding hydrogens is 478 g/mol. The molecule has 3 rings (SSSR count). The van der Waals surface area contributed by atoms with E-state index >= 15 is 0 Å². The average molecular weight is 502 g/mol. The van der Waals surface area contributed by atoms with Gasteiger partial charge in [0.05, 0.1) is 23.4 Å². The Balaban J connectivity index is 1.84. The maximum atomic E-state index is 13.4. The Bertz CT molecular complexity index is 1300. The van der Waals surface area contributed by atoms with Crippen molar-refractivity contribution in [1.29, 1.82) is 0 Å². The Morgan fingerprint density at radius 1 is 1.15 bits per heavy atom. The molecule has 0 radical (unpaired) electrons. The third kappa shape index (κ3) is 5.86. The summed E-state index contributed by atoms with van der Waals surface area (Å²) in [6.07, 6.45) is 1.36. The number of phenols is 1. The quantitative estimate of drug-likeness (QED) is 0.339. The molecule has 3 aromatic carbocycles. The summed E-state index contributed by atoms with van der Waals surface area (Å²) in [6.45, 7) is 3.33. The molecule has 10 heteroatoms. The zero-order chi connectivity index (χ0) is 24.7. The van der Waals surface area contributed by atoms with Gasteiger partial charge in [-0.25, -0.2) is 13.8 Å². The highest BCUT2D eigenvalue weighted by atomic mass is 35.5. The number of ether oxygens (including phenoxy) is 1. The normalized spacial score (nSPS) is 11.4. The van der Waals surface area contributed by atoms with E-state index < -0.39 is 22.5 Å². The molecule has 8 nitrogen and oxygen atoms in total. The van der Waals surface area contributed by atoms with Crippen LogP contribution < -0.4 is 14.5 Å². The van der Waals surface area contributed by atoms with Crippen molar-refractivity contribution in [3.8, 4) is 11.5 Å². The minimum atomic E-state index is -4.06. The first kappa shape index (κ1) is 25.1. The van der Waals surface area contributed by atoms with Crippen molar-refractivity contribution >= 4 is 39.4 Å². The van der Waals surface area contributed by atoms with Crippen LogP contribution in [0.2, 0.25) is 5.02 Å². The standard InChI is InChI=1S/C24H24ClN3O5S/c1-3-33-23-14-18(12-13-22(23)29)15-26-27-24(30)16-28(21-11-7-10-20(25)17(21)2)34(31,32)19-8-5-4-6-9-19/h4-15,29H,3,16H2,1-2H3,(H,27,30)/b26-15-. The number of anilines is 1. The first-order valence-electron chi connectivity index (χ1n) is 10.3. The van der Waals surface area contributed by atoms with Crippen molar-refractivity contribution in [2.45, 2.75) is 18.7 Å². The van der Waals surface area contributed by atoms with Gasteiger partial charge in [-0.2, -0.15) is 5.10 Å². The van der Waals surface area contributed by atoms with E-state index in [1.807, 2.05) is 0 Å². The number of nitrogens with zero attached hydrogens (tertiary/aromatic N) is 2. The summed E-state index contributed by atoms with van der Waals surface area (Å²) < 4.78 is 33.1. The van der Waals surface area contributed by atoms with E-state index in [9.17, 15) is 18.3 Å². The summed E-state index contributed by atoms with van der Waals surface area (Å²) >= 11 is 6.21. The second-order valence-electron chi connectivity index (χ2n) is 7.16. The van der Waals surface area contributed by atoms with Crippen LogP contribution >= 0.6 is 11.6 Å². The highest BCUT2D eigenvalue weighted by molar-refractivity contribution is 7.92. The van der Waals surface area contributed by atoms with E-state index in [0.29, 0.717) is 22.8 Å². The third-order valence-electron chi connectivity index (χ3n) is 4.81. The van der Waals surface area contributed by atoms with Crippen LogP contribution in [0.25, 0.3) is 0 Å². The Morgan fingerprint density at radius 2 is 1.88 bits per heavy atom. The zero-order valence-electron chi connectivity index (χ0n) is 18.6. The number of benzene rings is 3. The molecule has 3 aromatic rings. The number of halogens is 1. The van der Waals surface area contributed by atoms with E-state index in [1.54, 1.807) is 62.4 Å². The molecular formula is C24H24ClN3O5S. The summed E-state index contributed by atoms with van der Waals surface area (Å²) in [5.74, 6) is -0.380. The smallest absolute Gasteiger partial charge is 0.264 e. The van der Waals surface area contributed by atoms with Crippen molar-refractivity contribution in [3.05, 3.63) is 82.9 Å². The van der Waals surface area contributed by atoms with Gasteiger partial charge < -0.3 is 9.84 Å². The number of hydrazone groups is 1. The molecule has 0 fully saturated rings. The van der Waals surface area contributed by atoms with Crippen molar-refractivity contribution in [2.24, 2.45) is 5.10 Å². The van der Waals surface area contributed by atoms with Crippen molar-refractivity contribution < 1.29 is 23.1 Å². The maximum absolute atomic E-state index is 13.4. The topological polar surface area (TPSA) is 108 Å². The molecule has 0 aromatic heterocycles. The molecule has 2 N–H and O–H groups in total. The Kier molecular flexibility index (Phi) is 8.14. The number of rotatable bonds is 9. The fourth-order valence-corrected chi connectivity index (χ4v) is 4.78. The fraction of sp³-hybridized carbons (Fsp3) is 0.167. The van der Waals surface area contributed by atoms with Crippen LogP contribution in [0.4, 0.5) is 5.69 Å². The van der Waals surface area contributed by atoms with E-state index in [0.717, 1.165) is 4.31 Å². The highest BCUT2D eigenvalue weighted by Crippen LogP contribution is 2.30. The lowest BCUT2D eigenvalue weighted by molar-refractivity contribution is -0.119. The van der Waals surface area contributed by atoms with Crippen LogP contribution in [-0.2, 0) is 14.8 Å². The maximum Gasteiger partial charge on any atom is 0.264 e. The molecule has 0 saturated heterocycles. The lowest BCUT2D eigenvalue weighted by atomic mass is 10.2. The number of carbonyl (C=O) groups is 1. The third-order valence-corrected chi connectivity index (χ3v) is 7.00. The Morgan fingerprint density at radius 3 is 2.59 bits per heavy atom. The van der Waals surface area contributed by atoms with E-state index in [-0.39, 0.29) is 22.1 Å². The van der Waals surface area contributed by atoms with Gasteiger partial charge in [-0.1, -0.05) is 35.9 Å². The van der Waals surface area contributed by atoms with Gasteiger partial charge in [-0.05, 0) is 67.4 Å². The monoisotopic (exact) mass is 501 g/mol. The molecule has 0 aliphatic carbocycles. The van der Waals surface area contributed by atoms with E-state index in [1.165, 1.54) is 24.4 Å². The van der Waals surface area contributed by atoms with Gasteiger partial charge in [0.2, 0.25) is 0 Å². The number of sulfonamides is 1. The van der Waals surface area contributed by atoms with Crippen LogP contribution in [0.1, 0.15) is 18.1 Å². The molecule has 1 amide bonds. The van der Waals surface area contributed by atoms with E-state index in [4.69, 9.17) is 16.3 Å². The molecule has 0 aliphatic rings. The number of amides is 1. The molecule has 178 valence electrons. The molecule has 0 unspecified atom stereocenters. The minimum Gasteiger partial charge on any atom is -0.504 e. The number of nitrogens with one attached hydrogen (secondary N) is 1. The Hall–Kier alpha value is -3.56. The number of aromatic hydroxyl groups is 1. The van der Waals surface area contributed by atoms with Gasteiger partial charge >= 0.3 is 0 Å². The van der Waals surface area contributed by atoms with Crippen LogP contribution in [0.3, 0.4) is 0 Å². The first-order valence-corrected chi connectivity index (χ1v) is 12.2. The van der Waals surface area contributed by atoms with Crippen molar-refractivity contribution in [1.82, 2.24) is 5.43 Å². The largest absolute Gasteiger partial charge is 0.504 e. The molecule has 34 heavy (non-hydrogen) atoms. The second-order valence-corrected chi connectivity index (χ2v) is 9.43. The fourth-order valence-electron chi connectivity index (χ4n) is 3.11. The predicted molar refractivity (Wildman–Crippen MR) is 132 cm³/mol. The lowest BCUT2D eigenvalue weighted by Gasteiger charge is -2.25. The SMILES string of the molecule is CCOc1cc(/C=N\NC(=O)CN(c2cccc(Cl)c2C)S(=O)(=O)c2ccccc2)ccc1O. The molecule has 0 spiro atoms. The van der Waals surface area contributed by atoms with Gasteiger partial charge in [-0.3, -0.25) is 9.10 Å². The molecule has 0 aliphatic heterocycles. The summed E-state index contributed by atoms with van der Waals surface area (Å²) in [4.78, 5) is 12.7. The van der Waals surface area contributed by atoms with Crippen LogP contribution in [-0.4, -0.2) is 38.8 Å². The first-order chi connectivity index (χ1) is 16.2. The lowest BCUT2D eigenvalue weighted by Crippen LogP contribution is -2.40. The van der Waals surface area contributed by atoms with Gasteiger partial charge in [0, 0.05) is 5.02 Å². The molecule has 0 bridgehead atoms. The number of hydrogen-bond acceptors (Lipinski definition) is 6. The van der Waals surface area contributed by atoms with Gasteiger partial charge in [-0.15, -0.1) is 0 Å². The summed E-state index contributed by atoms with van der Waals surface area (Å²) in [5, 5.41) is 14.1. The summed E-state index contributed by atoms with van der Waals surface area (Å²) in [5.41, 5.74) is 3.72. The van der Waals surface area contributed by atoms with Gasteiger partial charge in [0.25, 0.3) is 15.9 Å². The zero-order valence-corrected chi connectivity index (χ0v) is 20.2. The molecule has 0 saturated carbocycles. The van der Waals surface area contributed by atoms with Crippen molar-refractivity contribution in [3.63, 3.8) is 0 Å². The predicted octanol–water partition coefficient (Wildman–Crippen LogP) is 4.10. The van der Waals surface area contributed by atoms with E-state index in [2.05, 4.69) is 10.5 Å². The second kappa shape index (κ2) is 11.0. The number of phenolic OH excluding ortho intramolecular Hbond substituents is 1. The molecule has 0 heterocycles. The van der Waals surface area contributed by atoms with Gasteiger partial charge in [0.15, 0.2) is 11.5 Å². The highest BCUT2D eigenvalue weighted by Gasteiger charge is 2.28. The average Bonchev–Trinajstić information content (AvgIpc) is 2.82. The minimum absolute atomic E-state index is 0.0123. The Labute approximate surface area is 203 Å². The number of hydrogen-bond donors (Lipinski definition) is 2. The van der Waals surface area contributed by atoms with Gasteiger partial charge in [0.1, 0.15) is 6.54 Å². The number of carbonyl (C=O) groups excluding carboxylic acids is 1. The summed E-state index contributed by atoms with van der Waals surface area (Å²) in [7, 11) is -4.06.